The predicted octanol–water partition coefficient (Wildman–Crippen LogP) is 4.38. The molecule has 0 spiro atoms. The number of methoxy groups -OCH3 is 1. The summed E-state index contributed by atoms with van der Waals surface area (Å²) in [5.41, 5.74) is 1.58. The summed E-state index contributed by atoms with van der Waals surface area (Å²) in [4.78, 5) is 28.2. The lowest BCUT2D eigenvalue weighted by Gasteiger charge is -2.23. The summed E-state index contributed by atoms with van der Waals surface area (Å²) in [6.07, 6.45) is 7.45. The number of thiophene rings is 1. The maximum Gasteiger partial charge on any atom is 0.341 e. The minimum Gasteiger partial charge on any atom is -0.467 e. The molecule has 138 valence electrons. The number of carbonyl (C=O) groups is 2. The number of nitrogens with zero attached hydrogens (tertiary/aromatic N) is 1. The Morgan fingerprint density at radius 1 is 1.31 bits per heavy atom. The van der Waals surface area contributed by atoms with Gasteiger partial charge >= 0.3 is 12.0 Å². The van der Waals surface area contributed by atoms with Crippen LogP contribution in [0.1, 0.15) is 58.3 Å². The average Bonchev–Trinajstić information content (AvgIpc) is 3.38. The second-order valence-corrected chi connectivity index (χ2v) is 7.81. The SMILES string of the molecule is COC(=O)c1c(NC(=O)N2CCC[C@@H]2c2ccco2)sc2c1CCCC2. The maximum atomic E-state index is 12.9. The minimum atomic E-state index is -0.372. The molecule has 0 bridgehead atoms. The van der Waals surface area contributed by atoms with E-state index >= 15 is 0 Å². The molecule has 7 heteroatoms. The fourth-order valence-corrected chi connectivity index (χ4v) is 5.19. The van der Waals surface area contributed by atoms with Gasteiger partial charge in [0.1, 0.15) is 10.8 Å². The first-order chi connectivity index (χ1) is 12.7. The topological polar surface area (TPSA) is 71.8 Å². The number of ether oxygens (including phenoxy) is 1. The molecular weight excluding hydrogens is 352 g/mol. The zero-order valence-electron chi connectivity index (χ0n) is 14.7. The molecule has 1 atom stereocenters. The van der Waals surface area contributed by atoms with Crippen LogP contribution < -0.4 is 5.32 Å². The number of hydrogen-bond acceptors (Lipinski definition) is 5. The van der Waals surface area contributed by atoms with Crippen LogP contribution in [0, 0.1) is 0 Å². The number of hydrogen-bond donors (Lipinski definition) is 1. The predicted molar refractivity (Wildman–Crippen MR) is 98.7 cm³/mol. The van der Waals surface area contributed by atoms with Crippen molar-refractivity contribution in [1.82, 2.24) is 4.90 Å². The Morgan fingerprint density at radius 3 is 2.92 bits per heavy atom. The molecule has 3 heterocycles. The number of likely N-dealkylation sites (tertiary alicyclic amines) is 1. The lowest BCUT2D eigenvalue weighted by Crippen LogP contribution is -2.34. The summed E-state index contributed by atoms with van der Waals surface area (Å²) in [7, 11) is 1.38. The molecule has 1 N–H and O–H groups in total. The highest BCUT2D eigenvalue weighted by Gasteiger charge is 2.34. The zero-order valence-corrected chi connectivity index (χ0v) is 15.6. The van der Waals surface area contributed by atoms with Crippen LogP contribution in [-0.2, 0) is 17.6 Å². The van der Waals surface area contributed by atoms with Crippen LogP contribution >= 0.6 is 11.3 Å². The fraction of sp³-hybridized carbons (Fsp3) is 0.474. The van der Waals surface area contributed by atoms with E-state index in [1.54, 1.807) is 11.2 Å². The Kier molecular flexibility index (Phi) is 4.72. The van der Waals surface area contributed by atoms with Crippen molar-refractivity contribution in [2.24, 2.45) is 0 Å². The van der Waals surface area contributed by atoms with E-state index in [0.717, 1.165) is 49.8 Å². The Labute approximate surface area is 156 Å². The molecule has 0 aromatic carbocycles. The van der Waals surface area contributed by atoms with Crippen LogP contribution in [0.2, 0.25) is 0 Å². The van der Waals surface area contributed by atoms with Gasteiger partial charge in [-0.15, -0.1) is 11.3 Å². The number of fused-ring (bicyclic) bond motifs is 1. The van der Waals surface area contributed by atoms with Gasteiger partial charge in [0.2, 0.25) is 0 Å². The lowest BCUT2D eigenvalue weighted by atomic mass is 9.95. The van der Waals surface area contributed by atoms with Gasteiger partial charge in [-0.25, -0.2) is 9.59 Å². The molecule has 0 saturated carbocycles. The van der Waals surface area contributed by atoms with E-state index in [9.17, 15) is 9.59 Å². The Hall–Kier alpha value is -2.28. The van der Waals surface area contributed by atoms with Crippen molar-refractivity contribution < 1.29 is 18.7 Å². The first-order valence-corrected chi connectivity index (χ1v) is 9.84. The number of esters is 1. The van der Waals surface area contributed by atoms with Crippen molar-refractivity contribution in [2.75, 3.05) is 19.0 Å². The van der Waals surface area contributed by atoms with Gasteiger partial charge in [0.05, 0.1) is 25.0 Å². The fourth-order valence-electron chi connectivity index (χ4n) is 3.93. The summed E-state index contributed by atoms with van der Waals surface area (Å²) < 4.78 is 10.5. The second-order valence-electron chi connectivity index (χ2n) is 6.70. The van der Waals surface area contributed by atoms with Gasteiger partial charge in [0, 0.05) is 11.4 Å². The maximum absolute atomic E-state index is 12.9. The van der Waals surface area contributed by atoms with E-state index in [1.807, 2.05) is 12.1 Å². The zero-order chi connectivity index (χ0) is 18.1. The second kappa shape index (κ2) is 7.15. The molecule has 2 amide bonds. The molecule has 2 aromatic heterocycles. The number of rotatable bonds is 3. The molecule has 2 aromatic rings. The van der Waals surface area contributed by atoms with Crippen molar-refractivity contribution in [3.05, 3.63) is 40.2 Å². The third kappa shape index (κ3) is 3.00. The first-order valence-electron chi connectivity index (χ1n) is 9.03. The van der Waals surface area contributed by atoms with Crippen LogP contribution in [0.3, 0.4) is 0 Å². The molecule has 0 unspecified atom stereocenters. The van der Waals surface area contributed by atoms with Crippen molar-refractivity contribution in [2.45, 2.75) is 44.6 Å². The highest BCUT2D eigenvalue weighted by atomic mass is 32.1. The Balaban J connectivity index is 1.59. The van der Waals surface area contributed by atoms with E-state index in [1.165, 1.54) is 23.3 Å². The van der Waals surface area contributed by atoms with Crippen LogP contribution in [0.4, 0.5) is 9.80 Å². The molecule has 0 radical (unpaired) electrons. The van der Waals surface area contributed by atoms with Crippen molar-refractivity contribution in [3.8, 4) is 0 Å². The molecular formula is C19H22N2O4S. The Morgan fingerprint density at radius 2 is 2.15 bits per heavy atom. The number of urea groups is 1. The molecule has 2 aliphatic rings. The highest BCUT2D eigenvalue weighted by Crippen LogP contribution is 2.39. The number of aryl methyl sites for hydroxylation is 1. The number of anilines is 1. The summed E-state index contributed by atoms with van der Waals surface area (Å²) in [5.74, 6) is 0.431. The van der Waals surface area contributed by atoms with Crippen LogP contribution in [0.15, 0.2) is 22.8 Å². The lowest BCUT2D eigenvalue weighted by molar-refractivity contribution is 0.0601. The summed E-state index contributed by atoms with van der Waals surface area (Å²) in [6.45, 7) is 0.676. The van der Waals surface area contributed by atoms with E-state index in [2.05, 4.69) is 5.32 Å². The van der Waals surface area contributed by atoms with Gasteiger partial charge in [-0.05, 0) is 56.2 Å². The van der Waals surface area contributed by atoms with Gasteiger partial charge in [-0.3, -0.25) is 5.32 Å². The third-order valence-electron chi connectivity index (χ3n) is 5.17. The van der Waals surface area contributed by atoms with Gasteiger partial charge in [-0.2, -0.15) is 0 Å². The number of amides is 2. The molecule has 1 aliphatic carbocycles. The van der Waals surface area contributed by atoms with Crippen molar-refractivity contribution in [1.29, 1.82) is 0 Å². The molecule has 6 nitrogen and oxygen atoms in total. The summed E-state index contributed by atoms with van der Waals surface area (Å²) in [5, 5.41) is 3.59. The van der Waals surface area contributed by atoms with Gasteiger partial charge in [-0.1, -0.05) is 0 Å². The van der Waals surface area contributed by atoms with Gasteiger partial charge in [0.25, 0.3) is 0 Å². The summed E-state index contributed by atoms with van der Waals surface area (Å²) in [6, 6.07) is 3.50. The van der Waals surface area contributed by atoms with Crippen LogP contribution in [0.25, 0.3) is 0 Å². The number of furan rings is 1. The van der Waals surface area contributed by atoms with E-state index in [-0.39, 0.29) is 18.0 Å². The molecule has 1 aliphatic heterocycles. The number of carbonyl (C=O) groups excluding carboxylic acids is 2. The number of nitrogens with one attached hydrogen (secondary N) is 1. The van der Waals surface area contributed by atoms with Gasteiger partial charge in [0.15, 0.2) is 0 Å². The van der Waals surface area contributed by atoms with E-state index in [0.29, 0.717) is 17.1 Å². The minimum absolute atomic E-state index is 0.0545. The largest absolute Gasteiger partial charge is 0.467 e. The van der Waals surface area contributed by atoms with Crippen LogP contribution in [0.5, 0.6) is 0 Å². The molecule has 1 fully saturated rings. The highest BCUT2D eigenvalue weighted by molar-refractivity contribution is 7.17. The standard InChI is InChI=1S/C19H22N2O4S/c1-24-18(22)16-12-6-2-3-9-15(12)26-17(16)20-19(23)21-10-4-7-13(21)14-8-5-11-25-14/h5,8,11,13H,2-4,6-7,9-10H2,1H3,(H,20,23)/t13-/m1/s1. The third-order valence-corrected chi connectivity index (χ3v) is 6.37. The van der Waals surface area contributed by atoms with Crippen molar-refractivity contribution in [3.63, 3.8) is 0 Å². The van der Waals surface area contributed by atoms with Gasteiger partial charge < -0.3 is 14.1 Å². The van der Waals surface area contributed by atoms with Crippen LogP contribution in [-0.4, -0.2) is 30.6 Å². The van der Waals surface area contributed by atoms with Crippen molar-refractivity contribution >= 4 is 28.3 Å². The smallest absolute Gasteiger partial charge is 0.341 e. The molecule has 4 rings (SSSR count). The monoisotopic (exact) mass is 374 g/mol. The Bertz CT molecular complexity index is 812. The van der Waals surface area contributed by atoms with E-state index < -0.39 is 0 Å². The first kappa shape index (κ1) is 17.1. The summed E-state index contributed by atoms with van der Waals surface area (Å²) >= 11 is 1.51. The van der Waals surface area contributed by atoms with E-state index in [4.69, 9.17) is 9.15 Å². The molecule has 1 saturated heterocycles. The average molecular weight is 374 g/mol. The quantitative estimate of drug-likeness (QED) is 0.810. The molecule has 26 heavy (non-hydrogen) atoms. The normalized spacial score (nSPS) is 19.3.